The Morgan fingerprint density at radius 1 is 1.35 bits per heavy atom. The first-order valence-electron chi connectivity index (χ1n) is 8.59. The van der Waals surface area contributed by atoms with Gasteiger partial charge in [0, 0.05) is 24.6 Å². The maximum Gasteiger partial charge on any atom is 0.406 e. The van der Waals surface area contributed by atoms with Crippen molar-refractivity contribution in [3.8, 4) is 0 Å². The number of carbonyl (C=O) groups is 1. The molecule has 3 aliphatic rings. The Morgan fingerprint density at radius 3 is 2.65 bits per heavy atom. The van der Waals surface area contributed by atoms with Crippen LogP contribution < -0.4 is 5.32 Å². The van der Waals surface area contributed by atoms with E-state index >= 15 is 0 Å². The number of amides is 1. The first kappa shape index (κ1) is 17.0. The Kier molecular flexibility index (Phi) is 4.62. The molecule has 0 bridgehead atoms. The Hall–Kier alpha value is -0.820. The fourth-order valence-corrected chi connectivity index (χ4v) is 4.38. The lowest BCUT2D eigenvalue weighted by Gasteiger charge is -2.62. The van der Waals surface area contributed by atoms with Crippen molar-refractivity contribution in [2.24, 2.45) is 5.41 Å². The average Bonchev–Trinajstić information content (AvgIpc) is 2.38. The second kappa shape index (κ2) is 6.24. The normalized spacial score (nSPS) is 33.5. The van der Waals surface area contributed by atoms with E-state index in [0.717, 1.165) is 24.2 Å². The molecule has 1 heterocycles. The Bertz CT molecular complexity index is 451. The number of ether oxygens (including phenoxy) is 1. The van der Waals surface area contributed by atoms with Crippen LogP contribution in [0.5, 0.6) is 0 Å². The van der Waals surface area contributed by atoms with Crippen LogP contribution in [0, 0.1) is 5.41 Å². The molecule has 1 N–H and O–H groups in total. The smallest absolute Gasteiger partial charge is 0.378 e. The summed E-state index contributed by atoms with van der Waals surface area (Å²) < 4.78 is 43.5. The van der Waals surface area contributed by atoms with Crippen molar-refractivity contribution < 1.29 is 22.7 Å². The molecule has 0 radical (unpaired) electrons. The van der Waals surface area contributed by atoms with Crippen LogP contribution in [0.2, 0.25) is 0 Å². The fraction of sp³-hybridized carbons (Fsp3) is 0.938. The molecule has 4 nitrogen and oxygen atoms in total. The Labute approximate surface area is 134 Å². The number of hydrogen-bond donors (Lipinski definition) is 1. The first-order chi connectivity index (χ1) is 10.9. The van der Waals surface area contributed by atoms with E-state index in [4.69, 9.17) is 4.74 Å². The number of hydrogen-bond acceptors (Lipinski definition) is 3. The summed E-state index contributed by atoms with van der Waals surface area (Å²) in [4.78, 5) is 13.3. The SMILES string of the molecule is CCO[C@@H]1C[C@H](N[C@@H]2CCCN(CC(F)(F)F)C2=O)C12CCC2. The van der Waals surface area contributed by atoms with Crippen molar-refractivity contribution >= 4 is 5.91 Å². The molecule has 0 aromatic heterocycles. The number of rotatable bonds is 5. The molecule has 3 atom stereocenters. The van der Waals surface area contributed by atoms with Crippen molar-refractivity contribution in [2.75, 3.05) is 19.7 Å². The van der Waals surface area contributed by atoms with Gasteiger partial charge < -0.3 is 15.0 Å². The predicted molar refractivity (Wildman–Crippen MR) is 78.9 cm³/mol. The number of likely N-dealkylation sites (tertiary alicyclic amines) is 1. The molecular weight excluding hydrogens is 309 g/mol. The van der Waals surface area contributed by atoms with E-state index in [-0.39, 0.29) is 24.1 Å². The molecule has 3 fully saturated rings. The monoisotopic (exact) mass is 334 g/mol. The summed E-state index contributed by atoms with van der Waals surface area (Å²) in [5, 5.41) is 3.36. The van der Waals surface area contributed by atoms with E-state index in [1.165, 1.54) is 6.42 Å². The molecule has 0 aromatic rings. The van der Waals surface area contributed by atoms with Gasteiger partial charge in [-0.1, -0.05) is 6.42 Å². The minimum atomic E-state index is -4.33. The van der Waals surface area contributed by atoms with Crippen LogP contribution in [-0.4, -0.2) is 54.9 Å². The third kappa shape index (κ3) is 3.22. The zero-order valence-corrected chi connectivity index (χ0v) is 13.5. The van der Waals surface area contributed by atoms with Gasteiger partial charge in [-0.05, 0) is 39.0 Å². The van der Waals surface area contributed by atoms with E-state index in [0.29, 0.717) is 19.4 Å². The largest absolute Gasteiger partial charge is 0.406 e. The molecule has 1 spiro atoms. The lowest BCUT2D eigenvalue weighted by molar-refractivity contribution is -0.180. The lowest BCUT2D eigenvalue weighted by atomic mass is 9.51. The maximum atomic E-state index is 12.6. The van der Waals surface area contributed by atoms with Crippen molar-refractivity contribution in [2.45, 2.75) is 69.8 Å². The van der Waals surface area contributed by atoms with Gasteiger partial charge in [-0.15, -0.1) is 0 Å². The standard InChI is InChI=1S/C16H25F3N2O2/c1-2-23-13-9-12(15(13)6-4-7-15)20-11-5-3-8-21(14(11)22)10-16(17,18)19/h11-13,20H,2-10H2,1H3/t11-,12+,13-/m1/s1. The van der Waals surface area contributed by atoms with Gasteiger partial charge in [0.2, 0.25) is 5.91 Å². The molecule has 23 heavy (non-hydrogen) atoms. The molecule has 2 aliphatic carbocycles. The highest BCUT2D eigenvalue weighted by Gasteiger charge is 2.59. The highest BCUT2D eigenvalue weighted by Crippen LogP contribution is 2.57. The van der Waals surface area contributed by atoms with Gasteiger partial charge in [-0.3, -0.25) is 4.79 Å². The third-order valence-electron chi connectivity index (χ3n) is 5.74. The Balaban J connectivity index is 1.59. The van der Waals surface area contributed by atoms with Crippen molar-refractivity contribution in [3.63, 3.8) is 0 Å². The van der Waals surface area contributed by atoms with Crippen LogP contribution in [0.4, 0.5) is 13.2 Å². The van der Waals surface area contributed by atoms with E-state index in [1.54, 1.807) is 0 Å². The molecule has 132 valence electrons. The van der Waals surface area contributed by atoms with Gasteiger partial charge in [0.15, 0.2) is 0 Å². The number of nitrogens with one attached hydrogen (secondary N) is 1. The second-order valence-electron chi connectivity index (χ2n) is 7.06. The zero-order chi connectivity index (χ0) is 16.7. The van der Waals surface area contributed by atoms with Crippen LogP contribution in [-0.2, 0) is 9.53 Å². The van der Waals surface area contributed by atoms with Crippen molar-refractivity contribution in [1.82, 2.24) is 10.2 Å². The summed E-state index contributed by atoms with van der Waals surface area (Å²) in [5.74, 6) is -0.400. The topological polar surface area (TPSA) is 41.6 Å². The highest BCUT2D eigenvalue weighted by atomic mass is 19.4. The van der Waals surface area contributed by atoms with Gasteiger partial charge in [-0.25, -0.2) is 0 Å². The zero-order valence-electron chi connectivity index (χ0n) is 13.5. The van der Waals surface area contributed by atoms with Gasteiger partial charge in [0.1, 0.15) is 6.54 Å². The molecule has 2 saturated carbocycles. The predicted octanol–water partition coefficient (Wildman–Crippen LogP) is 2.48. The van der Waals surface area contributed by atoms with Gasteiger partial charge >= 0.3 is 6.18 Å². The van der Waals surface area contributed by atoms with Gasteiger partial charge in [-0.2, -0.15) is 13.2 Å². The Morgan fingerprint density at radius 2 is 2.09 bits per heavy atom. The average molecular weight is 334 g/mol. The fourth-order valence-electron chi connectivity index (χ4n) is 4.38. The molecule has 0 unspecified atom stereocenters. The summed E-state index contributed by atoms with van der Waals surface area (Å²) in [6, 6.07) is -0.274. The minimum Gasteiger partial charge on any atom is -0.378 e. The summed E-state index contributed by atoms with van der Waals surface area (Å²) >= 11 is 0. The van der Waals surface area contributed by atoms with Crippen LogP contribution in [0.25, 0.3) is 0 Å². The van der Waals surface area contributed by atoms with Crippen LogP contribution in [0.15, 0.2) is 0 Å². The van der Waals surface area contributed by atoms with Crippen molar-refractivity contribution in [1.29, 1.82) is 0 Å². The summed E-state index contributed by atoms with van der Waals surface area (Å²) in [7, 11) is 0. The van der Waals surface area contributed by atoms with Crippen molar-refractivity contribution in [3.05, 3.63) is 0 Å². The molecule has 1 amide bonds. The number of carbonyl (C=O) groups excluding carboxylic acids is 1. The van der Waals surface area contributed by atoms with E-state index in [2.05, 4.69) is 5.32 Å². The van der Waals surface area contributed by atoms with Crippen LogP contribution in [0.3, 0.4) is 0 Å². The molecule has 1 aliphatic heterocycles. The van der Waals surface area contributed by atoms with Crippen LogP contribution >= 0.6 is 0 Å². The maximum absolute atomic E-state index is 12.6. The van der Waals surface area contributed by atoms with E-state index in [9.17, 15) is 18.0 Å². The third-order valence-corrected chi connectivity index (χ3v) is 5.74. The molecule has 3 rings (SSSR count). The number of halogens is 3. The summed E-state index contributed by atoms with van der Waals surface area (Å²) in [5.41, 5.74) is 0.114. The summed E-state index contributed by atoms with van der Waals surface area (Å²) in [6.45, 7) is 1.73. The summed E-state index contributed by atoms with van der Waals surface area (Å²) in [6.07, 6.45) is 1.35. The molecule has 7 heteroatoms. The van der Waals surface area contributed by atoms with Gasteiger partial charge in [0.25, 0.3) is 0 Å². The van der Waals surface area contributed by atoms with E-state index in [1.807, 2.05) is 6.92 Å². The number of alkyl halides is 3. The molecule has 1 saturated heterocycles. The second-order valence-corrected chi connectivity index (χ2v) is 7.06. The molecular formula is C16H25F3N2O2. The van der Waals surface area contributed by atoms with E-state index < -0.39 is 24.7 Å². The number of piperidine rings is 1. The first-order valence-corrected chi connectivity index (χ1v) is 8.59. The molecule has 0 aromatic carbocycles. The minimum absolute atomic E-state index is 0.114. The lowest BCUT2D eigenvalue weighted by Crippen LogP contribution is -2.70. The number of nitrogens with zero attached hydrogens (tertiary/aromatic N) is 1. The highest BCUT2D eigenvalue weighted by molar-refractivity contribution is 5.82. The van der Waals surface area contributed by atoms with Gasteiger partial charge in [0.05, 0.1) is 12.1 Å². The quantitative estimate of drug-likeness (QED) is 0.840. The van der Waals surface area contributed by atoms with Crippen LogP contribution in [0.1, 0.15) is 45.4 Å².